The van der Waals surface area contributed by atoms with Crippen molar-refractivity contribution < 1.29 is 9.90 Å². The first-order valence-corrected chi connectivity index (χ1v) is 4.95. The molecule has 1 fully saturated rings. The highest BCUT2D eigenvalue weighted by atomic mass is 79.9. The molecule has 0 aromatic rings. The maximum Gasteiger partial charge on any atom is 0.306 e. The van der Waals surface area contributed by atoms with Crippen LogP contribution < -0.4 is 0 Å². The van der Waals surface area contributed by atoms with Crippen molar-refractivity contribution in [2.75, 3.05) is 0 Å². The number of carboxylic acid groups (broad SMARTS) is 1. The molecule has 0 aromatic carbocycles. The lowest BCUT2D eigenvalue weighted by Crippen LogP contribution is -2.09. The number of hydrogen-bond donors (Lipinski definition) is 1. The molecule has 1 aliphatic carbocycles. The first kappa shape index (κ1) is 8.53. The number of halogens is 2. The molecule has 10 heavy (non-hydrogen) atoms. The van der Waals surface area contributed by atoms with Crippen LogP contribution in [0, 0.1) is 5.92 Å². The quantitative estimate of drug-likeness (QED) is 0.741. The smallest absolute Gasteiger partial charge is 0.306 e. The minimum Gasteiger partial charge on any atom is -0.481 e. The molecule has 0 aromatic heterocycles. The highest BCUT2D eigenvalue weighted by Gasteiger charge is 2.34. The van der Waals surface area contributed by atoms with Gasteiger partial charge in [0.1, 0.15) is 0 Å². The van der Waals surface area contributed by atoms with Gasteiger partial charge in [-0.25, -0.2) is 0 Å². The predicted octanol–water partition coefficient (Wildman–Crippen LogP) is 2.01. The van der Waals surface area contributed by atoms with Gasteiger partial charge in [0.05, 0.1) is 5.92 Å². The van der Waals surface area contributed by atoms with Gasteiger partial charge in [0, 0.05) is 9.65 Å². The van der Waals surface area contributed by atoms with Gasteiger partial charge < -0.3 is 5.11 Å². The van der Waals surface area contributed by atoms with Crippen LogP contribution in [-0.4, -0.2) is 20.7 Å². The Hall–Kier alpha value is 0.430. The summed E-state index contributed by atoms with van der Waals surface area (Å²) in [5, 5.41) is 8.61. The summed E-state index contributed by atoms with van der Waals surface area (Å²) in [5.74, 6) is -0.833. The first-order chi connectivity index (χ1) is 4.61. The molecule has 1 saturated carbocycles. The molecule has 1 rings (SSSR count). The molecule has 4 heteroatoms. The maximum absolute atomic E-state index is 10.5. The van der Waals surface area contributed by atoms with Crippen LogP contribution in [0.4, 0.5) is 0 Å². The summed E-state index contributed by atoms with van der Waals surface area (Å²) in [6.07, 6.45) is 1.48. The molecule has 0 spiro atoms. The van der Waals surface area contributed by atoms with E-state index in [4.69, 9.17) is 5.11 Å². The standard InChI is InChI=1S/C6H8Br2O2/c7-4-1-3(6(9)10)2-5(4)8/h3-5H,1-2H2,(H,9,10)/t4-,5-/m1/s1. The summed E-state index contributed by atoms with van der Waals surface area (Å²) in [4.78, 5) is 11.1. The summed E-state index contributed by atoms with van der Waals surface area (Å²) in [5.41, 5.74) is 0. The van der Waals surface area contributed by atoms with Crippen LogP contribution >= 0.6 is 31.9 Å². The average molecular weight is 272 g/mol. The van der Waals surface area contributed by atoms with Gasteiger partial charge in [-0.15, -0.1) is 0 Å². The van der Waals surface area contributed by atoms with E-state index in [-0.39, 0.29) is 5.92 Å². The first-order valence-electron chi connectivity index (χ1n) is 3.12. The highest BCUT2D eigenvalue weighted by molar-refractivity contribution is 9.12. The Morgan fingerprint density at radius 1 is 1.30 bits per heavy atom. The van der Waals surface area contributed by atoms with Crippen LogP contribution in [-0.2, 0) is 4.79 Å². The van der Waals surface area contributed by atoms with Crippen molar-refractivity contribution >= 4 is 37.8 Å². The van der Waals surface area contributed by atoms with E-state index in [0.29, 0.717) is 9.65 Å². The van der Waals surface area contributed by atoms with E-state index < -0.39 is 5.97 Å². The van der Waals surface area contributed by atoms with E-state index in [1.807, 2.05) is 0 Å². The summed E-state index contributed by atoms with van der Waals surface area (Å²) in [7, 11) is 0. The molecule has 0 heterocycles. The summed E-state index contributed by atoms with van der Waals surface area (Å²) in [6.45, 7) is 0. The molecule has 0 amide bonds. The molecule has 1 aliphatic rings. The fourth-order valence-electron chi connectivity index (χ4n) is 1.14. The van der Waals surface area contributed by atoms with Crippen LogP contribution in [0.5, 0.6) is 0 Å². The van der Waals surface area contributed by atoms with E-state index in [2.05, 4.69) is 31.9 Å². The van der Waals surface area contributed by atoms with Crippen molar-refractivity contribution in [3.8, 4) is 0 Å². The lowest BCUT2D eigenvalue weighted by atomic mass is 10.1. The summed E-state index contributed by atoms with van der Waals surface area (Å²) < 4.78 is 0. The number of rotatable bonds is 1. The summed E-state index contributed by atoms with van der Waals surface area (Å²) >= 11 is 6.80. The number of hydrogen-bond acceptors (Lipinski definition) is 1. The van der Waals surface area contributed by atoms with E-state index in [9.17, 15) is 4.79 Å². The van der Waals surface area contributed by atoms with E-state index >= 15 is 0 Å². The molecular weight excluding hydrogens is 264 g/mol. The van der Waals surface area contributed by atoms with Crippen LogP contribution in [0.15, 0.2) is 0 Å². The number of aliphatic carboxylic acids is 1. The van der Waals surface area contributed by atoms with Gasteiger partial charge in [0.15, 0.2) is 0 Å². The van der Waals surface area contributed by atoms with Gasteiger partial charge in [-0.2, -0.15) is 0 Å². The van der Waals surface area contributed by atoms with Crippen LogP contribution in [0.1, 0.15) is 12.8 Å². The van der Waals surface area contributed by atoms with Crippen LogP contribution in [0.3, 0.4) is 0 Å². The Kier molecular flexibility index (Phi) is 2.74. The average Bonchev–Trinajstić information content (AvgIpc) is 2.13. The Labute approximate surface area is 76.2 Å². The third-order valence-corrected chi connectivity index (χ3v) is 4.49. The SMILES string of the molecule is O=C(O)C1C[C@@H](Br)[C@H](Br)C1. The van der Waals surface area contributed by atoms with E-state index in [1.165, 1.54) is 0 Å². The third-order valence-electron chi connectivity index (χ3n) is 1.76. The predicted molar refractivity (Wildman–Crippen MR) is 45.8 cm³/mol. The molecule has 0 unspecified atom stereocenters. The number of alkyl halides is 2. The van der Waals surface area contributed by atoms with Gasteiger partial charge in [-0.05, 0) is 12.8 Å². The van der Waals surface area contributed by atoms with Gasteiger partial charge in [-0.3, -0.25) is 4.79 Å². The minimum atomic E-state index is -0.675. The Morgan fingerprint density at radius 3 is 1.90 bits per heavy atom. The van der Waals surface area contributed by atoms with Crippen molar-refractivity contribution in [1.82, 2.24) is 0 Å². The van der Waals surface area contributed by atoms with Crippen molar-refractivity contribution in [1.29, 1.82) is 0 Å². The topological polar surface area (TPSA) is 37.3 Å². The summed E-state index contributed by atoms with van der Waals surface area (Å²) in [6, 6.07) is 0. The zero-order valence-corrected chi connectivity index (χ0v) is 8.43. The second-order valence-electron chi connectivity index (χ2n) is 2.54. The second kappa shape index (κ2) is 3.22. The minimum absolute atomic E-state index is 0.159. The molecule has 2 atom stereocenters. The van der Waals surface area contributed by atoms with E-state index in [0.717, 1.165) is 12.8 Å². The zero-order valence-electron chi connectivity index (χ0n) is 5.26. The molecule has 0 saturated heterocycles. The highest BCUT2D eigenvalue weighted by Crippen LogP contribution is 2.35. The van der Waals surface area contributed by atoms with Crippen LogP contribution in [0.2, 0.25) is 0 Å². The van der Waals surface area contributed by atoms with Crippen molar-refractivity contribution in [3.05, 3.63) is 0 Å². The van der Waals surface area contributed by atoms with Crippen molar-refractivity contribution in [2.45, 2.75) is 22.5 Å². The van der Waals surface area contributed by atoms with Gasteiger partial charge in [0.25, 0.3) is 0 Å². The lowest BCUT2D eigenvalue weighted by molar-refractivity contribution is -0.141. The number of carboxylic acids is 1. The molecule has 2 nitrogen and oxygen atoms in total. The third kappa shape index (κ3) is 1.72. The van der Waals surface area contributed by atoms with Crippen molar-refractivity contribution in [3.63, 3.8) is 0 Å². The van der Waals surface area contributed by atoms with Gasteiger partial charge >= 0.3 is 5.97 Å². The van der Waals surface area contributed by atoms with Gasteiger partial charge in [-0.1, -0.05) is 31.9 Å². The second-order valence-corrected chi connectivity index (χ2v) is 4.89. The molecule has 0 radical (unpaired) electrons. The Morgan fingerprint density at radius 2 is 1.70 bits per heavy atom. The molecule has 1 N–H and O–H groups in total. The molecule has 0 bridgehead atoms. The molecule has 0 aliphatic heterocycles. The van der Waals surface area contributed by atoms with Gasteiger partial charge in [0.2, 0.25) is 0 Å². The number of carbonyl (C=O) groups is 1. The largest absolute Gasteiger partial charge is 0.481 e. The maximum atomic E-state index is 10.5. The Bertz CT molecular complexity index is 139. The van der Waals surface area contributed by atoms with Crippen LogP contribution in [0.25, 0.3) is 0 Å². The molecular formula is C6H8Br2O2. The normalized spacial score (nSPS) is 34.6. The Balaban J connectivity index is 2.49. The zero-order chi connectivity index (χ0) is 7.72. The fourth-order valence-corrected chi connectivity index (χ4v) is 2.47. The lowest BCUT2D eigenvalue weighted by Gasteiger charge is -2.00. The fraction of sp³-hybridized carbons (Fsp3) is 0.833. The van der Waals surface area contributed by atoms with Crippen molar-refractivity contribution in [2.24, 2.45) is 5.92 Å². The van der Waals surface area contributed by atoms with E-state index in [1.54, 1.807) is 0 Å². The monoisotopic (exact) mass is 270 g/mol. The molecule has 58 valence electrons.